The molecule has 0 aliphatic heterocycles. The van der Waals surface area contributed by atoms with Gasteiger partial charge >= 0.3 is 12.0 Å². The van der Waals surface area contributed by atoms with E-state index in [0.29, 0.717) is 22.2 Å². The lowest BCUT2D eigenvalue weighted by Crippen LogP contribution is -2.34. The van der Waals surface area contributed by atoms with Crippen LogP contribution in [0.4, 0.5) is 15.5 Å². The number of hydrogen-bond donors (Lipinski definition) is 3. The molecule has 4 rings (SSSR count). The number of thiophene rings is 1. The van der Waals surface area contributed by atoms with Crippen LogP contribution in [0.15, 0.2) is 64.9 Å². The first-order valence-corrected chi connectivity index (χ1v) is 15.9. The SMILES string of the molecule is C.CS(=O)(=O)c1ccc(NC(=O)N(Cc2ccc(C(=O)NCCC(=O)O)cc2)c2ccc(C3CCCCC3)cc2)s1. The molecular weight excluding hydrogens is 562 g/mol. The summed E-state index contributed by atoms with van der Waals surface area (Å²) in [5.74, 6) is -0.837. The number of nitrogens with one attached hydrogen (secondary N) is 2. The Morgan fingerprint density at radius 1 is 0.951 bits per heavy atom. The molecule has 0 saturated heterocycles. The third-order valence-corrected chi connectivity index (χ3v) is 9.71. The van der Waals surface area contributed by atoms with Crippen LogP contribution in [-0.4, -0.2) is 44.2 Å². The van der Waals surface area contributed by atoms with Crippen molar-refractivity contribution in [3.05, 3.63) is 77.4 Å². The van der Waals surface area contributed by atoms with Gasteiger partial charge in [-0.15, -0.1) is 11.3 Å². The molecule has 3 aromatic rings. The molecule has 220 valence electrons. The van der Waals surface area contributed by atoms with Crippen molar-refractivity contribution in [3.8, 4) is 0 Å². The van der Waals surface area contributed by atoms with Crippen molar-refractivity contribution in [3.63, 3.8) is 0 Å². The summed E-state index contributed by atoms with van der Waals surface area (Å²) in [5.41, 5.74) is 3.11. The summed E-state index contributed by atoms with van der Waals surface area (Å²) >= 11 is 0.994. The Bertz CT molecular complexity index is 1440. The molecule has 3 N–H and O–H groups in total. The summed E-state index contributed by atoms with van der Waals surface area (Å²) in [4.78, 5) is 38.0. The first-order valence-electron chi connectivity index (χ1n) is 13.2. The number of anilines is 2. The van der Waals surface area contributed by atoms with Crippen LogP contribution in [-0.2, 0) is 21.2 Å². The Morgan fingerprint density at radius 2 is 1.61 bits per heavy atom. The van der Waals surface area contributed by atoms with Gasteiger partial charge in [-0.1, -0.05) is 51.0 Å². The highest BCUT2D eigenvalue weighted by Crippen LogP contribution is 2.34. The van der Waals surface area contributed by atoms with Gasteiger partial charge < -0.3 is 10.4 Å². The topological polar surface area (TPSA) is 133 Å². The summed E-state index contributed by atoms with van der Waals surface area (Å²) in [6, 6.07) is 17.4. The van der Waals surface area contributed by atoms with Gasteiger partial charge in [0, 0.05) is 24.1 Å². The second kappa shape index (κ2) is 14.3. The van der Waals surface area contributed by atoms with Gasteiger partial charge in [0.1, 0.15) is 4.21 Å². The Morgan fingerprint density at radius 3 is 2.20 bits per heavy atom. The minimum absolute atomic E-state index is 0. The van der Waals surface area contributed by atoms with Crippen LogP contribution in [0, 0.1) is 0 Å². The van der Waals surface area contributed by atoms with Crippen LogP contribution < -0.4 is 15.5 Å². The van der Waals surface area contributed by atoms with Gasteiger partial charge in [0.05, 0.1) is 18.0 Å². The van der Waals surface area contributed by atoms with Crippen molar-refractivity contribution in [2.24, 2.45) is 0 Å². The number of carboxylic acid groups (broad SMARTS) is 1. The fourth-order valence-electron chi connectivity index (χ4n) is 4.73. The highest BCUT2D eigenvalue weighted by atomic mass is 32.2. The van der Waals surface area contributed by atoms with Crippen LogP contribution in [0.2, 0.25) is 0 Å². The van der Waals surface area contributed by atoms with E-state index in [1.807, 2.05) is 12.1 Å². The van der Waals surface area contributed by atoms with Gasteiger partial charge in [0.15, 0.2) is 9.84 Å². The van der Waals surface area contributed by atoms with Gasteiger partial charge in [0.2, 0.25) is 0 Å². The molecule has 1 fully saturated rings. The second-order valence-corrected chi connectivity index (χ2v) is 13.3. The average Bonchev–Trinajstić information content (AvgIpc) is 3.41. The first-order chi connectivity index (χ1) is 19.1. The minimum Gasteiger partial charge on any atom is -0.481 e. The number of amides is 3. The summed E-state index contributed by atoms with van der Waals surface area (Å²) in [6.07, 6.45) is 7.02. The van der Waals surface area contributed by atoms with Gasteiger partial charge in [0.25, 0.3) is 5.91 Å². The zero-order valence-electron chi connectivity index (χ0n) is 22.3. The van der Waals surface area contributed by atoms with E-state index in [0.717, 1.165) is 23.2 Å². The lowest BCUT2D eigenvalue weighted by atomic mass is 9.84. The van der Waals surface area contributed by atoms with Crippen LogP contribution in [0.25, 0.3) is 0 Å². The summed E-state index contributed by atoms with van der Waals surface area (Å²) < 4.78 is 23.9. The minimum atomic E-state index is -3.38. The molecule has 1 heterocycles. The molecule has 11 heteroatoms. The molecule has 0 bridgehead atoms. The van der Waals surface area contributed by atoms with Crippen LogP contribution >= 0.6 is 11.3 Å². The molecule has 1 aromatic heterocycles. The van der Waals surface area contributed by atoms with Gasteiger partial charge in [-0.05, 0) is 66.3 Å². The van der Waals surface area contributed by atoms with Crippen LogP contribution in [0.5, 0.6) is 0 Å². The molecule has 0 spiro atoms. The summed E-state index contributed by atoms with van der Waals surface area (Å²) in [6.45, 7) is 0.240. The number of rotatable bonds is 10. The monoisotopic (exact) mass is 599 g/mol. The maximum atomic E-state index is 13.5. The molecule has 41 heavy (non-hydrogen) atoms. The Kier molecular flexibility index (Phi) is 11.1. The third-order valence-electron chi connectivity index (χ3n) is 6.88. The van der Waals surface area contributed by atoms with Crippen LogP contribution in [0.3, 0.4) is 0 Å². The fraction of sp³-hybridized carbons (Fsp3) is 0.367. The van der Waals surface area contributed by atoms with E-state index >= 15 is 0 Å². The lowest BCUT2D eigenvalue weighted by Gasteiger charge is -2.25. The molecule has 1 aliphatic carbocycles. The van der Waals surface area contributed by atoms with E-state index in [1.165, 1.54) is 43.7 Å². The Balaban J connectivity index is 0.00000462. The third kappa shape index (κ3) is 8.89. The van der Waals surface area contributed by atoms with Crippen molar-refractivity contribution in [1.29, 1.82) is 0 Å². The van der Waals surface area contributed by atoms with Crippen molar-refractivity contribution in [2.45, 2.75) is 62.6 Å². The molecule has 1 saturated carbocycles. The quantitative estimate of drug-likeness (QED) is 0.251. The highest BCUT2D eigenvalue weighted by molar-refractivity contribution is 7.92. The zero-order chi connectivity index (χ0) is 28.7. The predicted molar refractivity (Wildman–Crippen MR) is 163 cm³/mol. The van der Waals surface area contributed by atoms with Crippen molar-refractivity contribution in [2.75, 3.05) is 23.0 Å². The predicted octanol–water partition coefficient (Wildman–Crippen LogP) is 6.28. The largest absolute Gasteiger partial charge is 0.481 e. The molecule has 0 radical (unpaired) electrons. The highest BCUT2D eigenvalue weighted by Gasteiger charge is 2.21. The number of sulfone groups is 1. The Labute approximate surface area is 245 Å². The number of nitrogens with zero attached hydrogens (tertiary/aromatic N) is 1. The lowest BCUT2D eigenvalue weighted by molar-refractivity contribution is -0.136. The van der Waals surface area contributed by atoms with Crippen LogP contribution in [0.1, 0.15) is 73.4 Å². The molecule has 3 amide bonds. The normalized spacial score (nSPS) is 13.6. The standard InChI is InChI=1S/C29H33N3O6S2.CH4/c1-40(37,38)27-16-15-25(39-27)31-29(36)32(24-13-11-22(12-14-24)21-5-3-2-4-6-21)19-20-7-9-23(10-8-20)28(35)30-18-17-26(33)34;/h7-16,21H,2-6,17-19H2,1H3,(H,30,35)(H,31,36)(H,33,34);1H4. The number of benzene rings is 2. The maximum absolute atomic E-state index is 13.5. The summed E-state index contributed by atoms with van der Waals surface area (Å²) in [7, 11) is -3.38. The number of urea groups is 1. The van der Waals surface area contributed by atoms with Crippen molar-refractivity contribution >= 4 is 49.8 Å². The average molecular weight is 600 g/mol. The number of hydrogen-bond acceptors (Lipinski definition) is 6. The van der Waals surface area contributed by atoms with Crippen molar-refractivity contribution < 1.29 is 27.9 Å². The first kappa shape index (κ1) is 31.8. The molecule has 0 unspecified atom stereocenters. The second-order valence-electron chi connectivity index (χ2n) is 9.93. The van der Waals surface area contributed by atoms with E-state index in [2.05, 4.69) is 22.8 Å². The van der Waals surface area contributed by atoms with E-state index in [9.17, 15) is 22.8 Å². The van der Waals surface area contributed by atoms with E-state index in [1.54, 1.807) is 35.2 Å². The van der Waals surface area contributed by atoms with Crippen molar-refractivity contribution in [1.82, 2.24) is 5.32 Å². The van der Waals surface area contributed by atoms with Gasteiger partial charge in [-0.2, -0.15) is 0 Å². The van der Waals surface area contributed by atoms with Gasteiger partial charge in [-0.25, -0.2) is 13.2 Å². The smallest absolute Gasteiger partial charge is 0.327 e. The van der Waals surface area contributed by atoms with E-state index in [4.69, 9.17) is 5.11 Å². The fourth-order valence-corrected chi connectivity index (χ4v) is 6.55. The van der Waals surface area contributed by atoms with E-state index in [-0.39, 0.29) is 37.1 Å². The maximum Gasteiger partial charge on any atom is 0.327 e. The molecular formula is C30H37N3O6S2. The molecule has 0 atom stereocenters. The molecule has 1 aliphatic rings. The molecule has 9 nitrogen and oxygen atoms in total. The number of aliphatic carboxylic acids is 1. The number of carbonyl (C=O) groups excluding carboxylic acids is 2. The van der Waals surface area contributed by atoms with E-state index < -0.39 is 21.8 Å². The Hall–Kier alpha value is -3.70. The molecule has 2 aromatic carbocycles. The number of carboxylic acids is 1. The zero-order valence-corrected chi connectivity index (χ0v) is 23.9. The van der Waals surface area contributed by atoms with Gasteiger partial charge in [-0.3, -0.25) is 19.8 Å². The number of carbonyl (C=O) groups is 3. The summed E-state index contributed by atoms with van der Waals surface area (Å²) in [5, 5.41) is 14.6.